The summed E-state index contributed by atoms with van der Waals surface area (Å²) in [5, 5.41) is 2.54. The fourth-order valence-electron chi connectivity index (χ4n) is 2.70. The predicted octanol–water partition coefficient (Wildman–Crippen LogP) is 1.51. The minimum absolute atomic E-state index is 0.0536. The van der Waals surface area contributed by atoms with Crippen molar-refractivity contribution in [3.8, 4) is 0 Å². The highest BCUT2D eigenvalue weighted by atomic mass is 16.2. The van der Waals surface area contributed by atoms with E-state index in [1.165, 1.54) is 0 Å². The highest BCUT2D eigenvalue weighted by molar-refractivity contribution is 6.06. The van der Waals surface area contributed by atoms with Crippen molar-refractivity contribution in [2.75, 3.05) is 6.54 Å². The predicted molar refractivity (Wildman–Crippen MR) is 99.6 cm³/mol. The SMILES string of the molecule is CCCCc1ccc(C(=O)NNC(=O)CCN2C(=O)NC(C)(C)C2=O)cc1. The maximum atomic E-state index is 12.1. The van der Waals surface area contributed by atoms with E-state index in [1.54, 1.807) is 26.0 Å². The number of aryl methyl sites for hydroxylation is 1. The minimum Gasteiger partial charge on any atom is -0.324 e. The Balaban J connectivity index is 1.77. The van der Waals surface area contributed by atoms with E-state index in [0.717, 1.165) is 29.7 Å². The summed E-state index contributed by atoms with van der Waals surface area (Å²) in [5.41, 5.74) is 5.26. The average Bonchev–Trinajstić information content (AvgIpc) is 2.83. The third kappa shape index (κ3) is 5.29. The van der Waals surface area contributed by atoms with Crippen molar-refractivity contribution in [2.24, 2.45) is 0 Å². The van der Waals surface area contributed by atoms with Gasteiger partial charge in [-0.25, -0.2) is 4.79 Å². The zero-order chi connectivity index (χ0) is 20.0. The zero-order valence-electron chi connectivity index (χ0n) is 15.9. The minimum atomic E-state index is -0.967. The molecular formula is C19H26N4O4. The Morgan fingerprint density at radius 3 is 2.33 bits per heavy atom. The van der Waals surface area contributed by atoms with Gasteiger partial charge < -0.3 is 5.32 Å². The second kappa shape index (κ2) is 8.66. The van der Waals surface area contributed by atoms with Crippen molar-refractivity contribution >= 4 is 23.8 Å². The maximum absolute atomic E-state index is 12.1. The number of carbonyl (C=O) groups excluding carboxylic acids is 4. The van der Waals surface area contributed by atoms with Crippen molar-refractivity contribution in [1.29, 1.82) is 0 Å². The number of nitrogens with zero attached hydrogens (tertiary/aromatic N) is 1. The fourth-order valence-corrected chi connectivity index (χ4v) is 2.70. The summed E-state index contributed by atoms with van der Waals surface area (Å²) in [7, 11) is 0. The molecule has 0 unspecified atom stereocenters. The van der Waals surface area contributed by atoms with E-state index >= 15 is 0 Å². The lowest BCUT2D eigenvalue weighted by molar-refractivity contribution is -0.130. The lowest BCUT2D eigenvalue weighted by Gasteiger charge is -2.15. The Kier molecular flexibility index (Phi) is 6.55. The molecule has 8 nitrogen and oxygen atoms in total. The molecule has 3 N–H and O–H groups in total. The van der Waals surface area contributed by atoms with Crippen LogP contribution >= 0.6 is 0 Å². The van der Waals surface area contributed by atoms with E-state index < -0.39 is 23.4 Å². The number of hydrogen-bond acceptors (Lipinski definition) is 4. The summed E-state index contributed by atoms with van der Waals surface area (Å²) in [6.45, 7) is 5.27. The van der Waals surface area contributed by atoms with Gasteiger partial charge >= 0.3 is 6.03 Å². The van der Waals surface area contributed by atoms with E-state index in [0.29, 0.717) is 5.56 Å². The lowest BCUT2D eigenvalue weighted by Crippen LogP contribution is -2.44. The summed E-state index contributed by atoms with van der Waals surface area (Å²) in [6, 6.07) is 6.69. The quantitative estimate of drug-likeness (QED) is 0.497. The normalized spacial score (nSPS) is 15.4. The topological polar surface area (TPSA) is 108 Å². The van der Waals surface area contributed by atoms with Crippen LogP contribution in [-0.2, 0) is 16.0 Å². The molecule has 1 aliphatic rings. The van der Waals surface area contributed by atoms with Gasteiger partial charge in [-0.2, -0.15) is 0 Å². The number of urea groups is 1. The Morgan fingerprint density at radius 2 is 1.78 bits per heavy atom. The second-order valence-electron chi connectivity index (χ2n) is 7.06. The number of imide groups is 1. The number of amides is 5. The van der Waals surface area contributed by atoms with Gasteiger partial charge in [-0.1, -0.05) is 25.5 Å². The summed E-state index contributed by atoms with van der Waals surface area (Å²) >= 11 is 0. The van der Waals surface area contributed by atoms with Gasteiger partial charge in [0.05, 0.1) is 0 Å². The second-order valence-corrected chi connectivity index (χ2v) is 7.06. The van der Waals surface area contributed by atoms with Crippen LogP contribution in [0.5, 0.6) is 0 Å². The molecule has 1 heterocycles. The lowest BCUT2D eigenvalue weighted by atomic mass is 10.1. The maximum Gasteiger partial charge on any atom is 0.325 e. The van der Waals surface area contributed by atoms with Gasteiger partial charge in [-0.15, -0.1) is 0 Å². The van der Waals surface area contributed by atoms with Crippen LogP contribution in [0.15, 0.2) is 24.3 Å². The van der Waals surface area contributed by atoms with E-state index in [2.05, 4.69) is 23.1 Å². The molecule has 27 heavy (non-hydrogen) atoms. The van der Waals surface area contributed by atoms with Crippen molar-refractivity contribution in [3.63, 3.8) is 0 Å². The fraction of sp³-hybridized carbons (Fsp3) is 0.474. The van der Waals surface area contributed by atoms with Gasteiger partial charge in [0.25, 0.3) is 11.8 Å². The molecule has 2 rings (SSSR count). The Bertz CT molecular complexity index is 728. The molecule has 1 fully saturated rings. The van der Waals surface area contributed by atoms with Crippen LogP contribution in [0.4, 0.5) is 4.79 Å². The average molecular weight is 374 g/mol. The molecule has 0 aliphatic carbocycles. The zero-order valence-corrected chi connectivity index (χ0v) is 15.9. The molecule has 0 saturated carbocycles. The Morgan fingerprint density at radius 1 is 1.11 bits per heavy atom. The number of hydrogen-bond donors (Lipinski definition) is 3. The van der Waals surface area contributed by atoms with Gasteiger partial charge in [0.15, 0.2) is 0 Å². The highest BCUT2D eigenvalue weighted by Gasteiger charge is 2.43. The van der Waals surface area contributed by atoms with Crippen LogP contribution in [0.3, 0.4) is 0 Å². The van der Waals surface area contributed by atoms with Crippen LogP contribution in [-0.4, -0.2) is 40.7 Å². The first kappa shape index (κ1) is 20.4. The number of hydrazine groups is 1. The molecule has 0 bridgehead atoms. The number of unbranched alkanes of at least 4 members (excludes halogenated alkanes) is 1. The first-order valence-corrected chi connectivity index (χ1v) is 9.07. The number of carbonyl (C=O) groups is 4. The molecule has 8 heteroatoms. The monoisotopic (exact) mass is 374 g/mol. The van der Waals surface area contributed by atoms with Crippen LogP contribution in [0.25, 0.3) is 0 Å². The van der Waals surface area contributed by atoms with E-state index in [-0.39, 0.29) is 18.9 Å². The van der Waals surface area contributed by atoms with Gasteiger partial charge in [0.1, 0.15) is 5.54 Å². The highest BCUT2D eigenvalue weighted by Crippen LogP contribution is 2.16. The molecule has 5 amide bonds. The van der Waals surface area contributed by atoms with Crippen molar-refractivity contribution in [1.82, 2.24) is 21.1 Å². The number of nitrogens with one attached hydrogen (secondary N) is 3. The summed E-state index contributed by atoms with van der Waals surface area (Å²) in [6.07, 6.45) is 3.06. The molecule has 0 spiro atoms. The van der Waals surface area contributed by atoms with Gasteiger partial charge in [0.2, 0.25) is 5.91 Å². The first-order chi connectivity index (χ1) is 12.7. The number of rotatable bonds is 7. The third-order valence-electron chi connectivity index (χ3n) is 4.36. The molecule has 0 radical (unpaired) electrons. The van der Waals surface area contributed by atoms with E-state index in [4.69, 9.17) is 0 Å². The standard InChI is InChI=1S/C19H26N4O4/c1-4-5-6-13-7-9-14(10-8-13)16(25)22-21-15(24)11-12-23-17(26)19(2,3)20-18(23)27/h7-10H,4-6,11-12H2,1-3H3,(H,20,27)(H,21,24)(H,22,25). The first-order valence-electron chi connectivity index (χ1n) is 9.07. The Labute approximate surface area is 158 Å². The van der Waals surface area contributed by atoms with Crippen LogP contribution in [0, 0.1) is 0 Å². The van der Waals surface area contributed by atoms with Crippen molar-refractivity contribution in [2.45, 2.75) is 52.0 Å². The largest absolute Gasteiger partial charge is 0.325 e. The van der Waals surface area contributed by atoms with Crippen LogP contribution in [0.1, 0.15) is 56.0 Å². The molecule has 1 saturated heterocycles. The molecule has 1 aliphatic heterocycles. The van der Waals surface area contributed by atoms with Crippen molar-refractivity contribution < 1.29 is 19.2 Å². The molecule has 0 aromatic heterocycles. The van der Waals surface area contributed by atoms with Crippen LogP contribution < -0.4 is 16.2 Å². The molecule has 1 aromatic rings. The molecular weight excluding hydrogens is 348 g/mol. The molecule has 146 valence electrons. The summed E-state index contributed by atoms with van der Waals surface area (Å²) in [4.78, 5) is 48.7. The van der Waals surface area contributed by atoms with E-state index in [1.807, 2.05) is 12.1 Å². The summed E-state index contributed by atoms with van der Waals surface area (Å²) in [5.74, 6) is -1.30. The Hall–Kier alpha value is -2.90. The third-order valence-corrected chi connectivity index (χ3v) is 4.36. The number of benzene rings is 1. The molecule has 0 atom stereocenters. The van der Waals surface area contributed by atoms with Crippen LogP contribution in [0.2, 0.25) is 0 Å². The van der Waals surface area contributed by atoms with Gasteiger partial charge in [-0.3, -0.25) is 30.1 Å². The smallest absolute Gasteiger partial charge is 0.324 e. The van der Waals surface area contributed by atoms with Crippen molar-refractivity contribution in [3.05, 3.63) is 35.4 Å². The van der Waals surface area contributed by atoms with E-state index in [9.17, 15) is 19.2 Å². The summed E-state index contributed by atoms with van der Waals surface area (Å²) < 4.78 is 0. The molecule has 1 aromatic carbocycles. The van der Waals surface area contributed by atoms with Gasteiger partial charge in [-0.05, 0) is 44.4 Å². The van der Waals surface area contributed by atoms with Gasteiger partial charge in [0, 0.05) is 18.5 Å².